The molecular weight excluding hydrogens is 640 g/mol. The maximum atomic E-state index is 14.5. The van der Waals surface area contributed by atoms with Gasteiger partial charge in [-0.15, -0.1) is 0 Å². The highest BCUT2D eigenvalue weighted by Crippen LogP contribution is 2.29. The summed E-state index contributed by atoms with van der Waals surface area (Å²) >= 11 is 4.29. The van der Waals surface area contributed by atoms with E-state index in [0.29, 0.717) is 26.7 Å². The fourth-order valence-corrected chi connectivity index (χ4v) is 4.83. The molecule has 0 aromatic carbocycles. The molecule has 0 atom stereocenters. The van der Waals surface area contributed by atoms with Crippen molar-refractivity contribution in [1.29, 1.82) is 0 Å². The number of nitrogens with zero attached hydrogens (tertiary/aromatic N) is 4. The third-order valence-corrected chi connectivity index (χ3v) is 6.76. The van der Waals surface area contributed by atoms with Crippen LogP contribution in [0.25, 0.3) is 0 Å². The van der Waals surface area contributed by atoms with E-state index in [1.807, 2.05) is 0 Å². The average Bonchev–Trinajstić information content (AvgIpc) is 3.61. The Balaban J connectivity index is 0.000000330. The molecule has 1 aromatic heterocycles. The van der Waals surface area contributed by atoms with Crippen molar-refractivity contribution in [3.63, 3.8) is 0 Å². The van der Waals surface area contributed by atoms with E-state index in [0.717, 1.165) is 29.1 Å². The smallest absolute Gasteiger partial charge is 0.412 e. The summed E-state index contributed by atoms with van der Waals surface area (Å²) in [6.45, 7) is 9.53. The Morgan fingerprint density at radius 3 is 2.19 bits per heavy atom. The summed E-state index contributed by atoms with van der Waals surface area (Å²) in [6.07, 6.45) is 2.46. The van der Waals surface area contributed by atoms with Crippen molar-refractivity contribution in [1.82, 2.24) is 20.1 Å². The van der Waals surface area contributed by atoms with Crippen molar-refractivity contribution in [3.8, 4) is 0 Å². The van der Waals surface area contributed by atoms with Crippen molar-refractivity contribution >= 4 is 56.6 Å². The Hall–Kier alpha value is -3.01. The lowest BCUT2D eigenvalue weighted by Gasteiger charge is -2.28. The van der Waals surface area contributed by atoms with E-state index in [2.05, 4.69) is 36.5 Å². The standard InChI is InChI=1S/C17H29F2N5O2.C9H11BrN2O3S/c1-16(2,3)26-15(25)24-8-7-23(10-17(18,19)11-24)14(13(9-20)21-4)22-12-5-6-12;1-9(2,3)15-8(14)12-6-5(4-13)11-7(10)16-6/h9,12,21H,5-8,10-11,20H2,1-4H3;4H,1-3H3,(H,12,14)/b13-9+,22-14?;. The number of amides is 2. The van der Waals surface area contributed by atoms with Gasteiger partial charge in [-0.1, -0.05) is 11.3 Å². The summed E-state index contributed by atoms with van der Waals surface area (Å²) in [4.78, 5) is 45.3. The number of rotatable bonds is 5. The number of aldehydes is 1. The lowest BCUT2D eigenvalue weighted by atomic mass is 10.2. The predicted octanol–water partition coefficient (Wildman–Crippen LogP) is 4.82. The van der Waals surface area contributed by atoms with Gasteiger partial charge in [-0.2, -0.15) is 0 Å². The van der Waals surface area contributed by atoms with Gasteiger partial charge in [0.05, 0.1) is 24.8 Å². The molecule has 2 aliphatic rings. The van der Waals surface area contributed by atoms with Crippen molar-refractivity contribution in [2.45, 2.75) is 77.6 Å². The number of nitrogens with two attached hydrogens (primary N) is 1. The summed E-state index contributed by atoms with van der Waals surface area (Å²) in [6, 6.07) is 0.145. The highest BCUT2D eigenvalue weighted by molar-refractivity contribution is 9.11. The topological polar surface area (TPSA) is 151 Å². The minimum atomic E-state index is -3.09. The second kappa shape index (κ2) is 14.4. The number of anilines is 1. The quantitative estimate of drug-likeness (QED) is 0.226. The van der Waals surface area contributed by atoms with E-state index < -0.39 is 42.4 Å². The first-order valence-electron chi connectivity index (χ1n) is 13.3. The summed E-state index contributed by atoms with van der Waals surface area (Å²) < 4.78 is 39.9. The summed E-state index contributed by atoms with van der Waals surface area (Å²) in [5, 5.41) is 5.75. The number of aliphatic imine (C=N–C) groups is 1. The van der Waals surface area contributed by atoms with Gasteiger partial charge in [-0.05, 0) is 70.3 Å². The van der Waals surface area contributed by atoms with Crippen LogP contribution in [-0.4, -0.2) is 95.5 Å². The first kappa shape index (κ1) is 35.2. The highest BCUT2D eigenvalue weighted by Gasteiger charge is 2.41. The van der Waals surface area contributed by atoms with E-state index in [-0.39, 0.29) is 24.8 Å². The maximum Gasteiger partial charge on any atom is 0.412 e. The predicted molar refractivity (Wildman–Crippen MR) is 161 cm³/mol. The van der Waals surface area contributed by atoms with Crippen LogP contribution in [0.2, 0.25) is 0 Å². The lowest BCUT2D eigenvalue weighted by molar-refractivity contribution is -0.0377. The fourth-order valence-electron chi connectivity index (χ4n) is 3.51. The monoisotopic (exact) mass is 679 g/mol. The van der Waals surface area contributed by atoms with Gasteiger partial charge in [-0.25, -0.2) is 23.4 Å². The molecule has 1 aromatic rings. The Morgan fingerprint density at radius 1 is 1.12 bits per heavy atom. The minimum absolute atomic E-state index is 0.121. The fraction of sp³-hybridized carbons (Fsp3) is 0.654. The van der Waals surface area contributed by atoms with Gasteiger partial charge >= 0.3 is 12.2 Å². The molecule has 1 saturated heterocycles. The molecule has 16 heteroatoms. The van der Waals surface area contributed by atoms with Gasteiger partial charge in [-0.3, -0.25) is 15.1 Å². The Kier molecular flexibility index (Phi) is 12.1. The van der Waals surface area contributed by atoms with Crippen molar-refractivity contribution < 1.29 is 32.6 Å². The third-order valence-electron chi connectivity index (χ3n) is 5.32. The van der Waals surface area contributed by atoms with E-state index in [1.165, 1.54) is 11.1 Å². The van der Waals surface area contributed by atoms with E-state index in [1.54, 1.807) is 48.6 Å². The van der Waals surface area contributed by atoms with E-state index in [9.17, 15) is 23.2 Å². The number of aromatic nitrogens is 1. The zero-order valence-corrected chi connectivity index (χ0v) is 27.3. The number of alkyl halides is 2. The molecule has 42 heavy (non-hydrogen) atoms. The molecule has 0 radical (unpaired) electrons. The second-order valence-electron chi connectivity index (χ2n) is 11.6. The van der Waals surface area contributed by atoms with Crippen molar-refractivity contribution in [2.75, 3.05) is 38.5 Å². The number of hydrogen-bond donors (Lipinski definition) is 3. The van der Waals surface area contributed by atoms with Gasteiger partial charge in [0.15, 0.2) is 10.2 Å². The van der Waals surface area contributed by atoms with Crippen LogP contribution in [0.15, 0.2) is 20.8 Å². The van der Waals surface area contributed by atoms with Gasteiger partial charge in [0.25, 0.3) is 5.92 Å². The first-order valence-corrected chi connectivity index (χ1v) is 14.9. The van der Waals surface area contributed by atoms with Crippen LogP contribution in [0.5, 0.6) is 0 Å². The van der Waals surface area contributed by atoms with Crippen molar-refractivity contribution in [2.24, 2.45) is 10.7 Å². The van der Waals surface area contributed by atoms with Gasteiger partial charge in [0.2, 0.25) is 0 Å². The van der Waals surface area contributed by atoms with Crippen molar-refractivity contribution in [3.05, 3.63) is 21.5 Å². The normalized spacial score (nSPS) is 17.9. The molecule has 1 aliphatic carbocycles. The number of ether oxygens (including phenoxy) is 2. The molecule has 2 fully saturated rings. The summed E-state index contributed by atoms with van der Waals surface area (Å²) in [5.74, 6) is -2.67. The maximum absolute atomic E-state index is 14.5. The highest BCUT2D eigenvalue weighted by atomic mass is 79.9. The SMILES string of the molecule is CC(C)(C)OC(=O)Nc1sc(Br)nc1C=O.CN/C(=C/N)C(=NC1CC1)N1CCN(C(=O)OC(C)(C)C)CC(F)(F)C1. The Morgan fingerprint density at radius 2 is 1.69 bits per heavy atom. The average molecular weight is 681 g/mol. The second-order valence-corrected chi connectivity index (χ2v) is 13.9. The van der Waals surface area contributed by atoms with Crippen LogP contribution < -0.4 is 16.4 Å². The number of halogens is 3. The summed E-state index contributed by atoms with van der Waals surface area (Å²) in [5.41, 5.74) is 5.00. The molecule has 1 aliphatic heterocycles. The number of carbonyl (C=O) groups excluding carboxylic acids is 3. The first-order chi connectivity index (χ1) is 19.4. The minimum Gasteiger partial charge on any atom is -0.444 e. The largest absolute Gasteiger partial charge is 0.444 e. The molecule has 236 valence electrons. The van der Waals surface area contributed by atoms with Crippen LogP contribution in [0.3, 0.4) is 0 Å². The molecule has 12 nitrogen and oxygen atoms in total. The molecule has 2 heterocycles. The number of amidine groups is 1. The number of nitrogens with one attached hydrogen (secondary N) is 2. The zero-order chi connectivity index (χ0) is 31.9. The Bertz CT molecular complexity index is 1180. The van der Waals surface area contributed by atoms with Crippen LogP contribution in [-0.2, 0) is 9.47 Å². The van der Waals surface area contributed by atoms with Crippen LogP contribution in [0.4, 0.5) is 23.4 Å². The van der Waals surface area contributed by atoms with Gasteiger partial charge in [0, 0.05) is 26.3 Å². The van der Waals surface area contributed by atoms with E-state index >= 15 is 0 Å². The number of hydrogen-bond acceptors (Lipinski definition) is 10. The molecule has 0 unspecified atom stereocenters. The molecule has 0 spiro atoms. The Labute approximate surface area is 257 Å². The number of carbonyl (C=O) groups is 3. The van der Waals surface area contributed by atoms with Gasteiger partial charge in [0.1, 0.15) is 27.7 Å². The molecule has 2 amide bonds. The molecular formula is C26H40BrF2N7O5S. The number of thiazole rings is 1. The third kappa shape index (κ3) is 12.1. The van der Waals surface area contributed by atoms with Crippen LogP contribution in [0, 0.1) is 0 Å². The van der Waals surface area contributed by atoms with Gasteiger partial charge < -0.3 is 30.3 Å². The van der Waals surface area contributed by atoms with Crippen LogP contribution >= 0.6 is 27.3 Å². The van der Waals surface area contributed by atoms with E-state index in [4.69, 9.17) is 15.2 Å². The lowest BCUT2D eigenvalue weighted by Crippen LogP contribution is -2.45. The molecule has 0 bridgehead atoms. The summed E-state index contributed by atoms with van der Waals surface area (Å²) in [7, 11) is 1.67. The molecule has 1 saturated carbocycles. The number of likely N-dealkylation sites (N-methyl/N-ethyl adjacent to an activating group) is 1. The zero-order valence-electron chi connectivity index (χ0n) is 24.9. The molecule has 3 rings (SSSR count). The molecule has 4 N–H and O–H groups in total. The van der Waals surface area contributed by atoms with Crippen LogP contribution in [0.1, 0.15) is 64.9 Å².